The van der Waals surface area contributed by atoms with Gasteiger partial charge in [0.15, 0.2) is 0 Å². The van der Waals surface area contributed by atoms with Crippen LogP contribution in [0.2, 0.25) is 0 Å². The van der Waals surface area contributed by atoms with Gasteiger partial charge in [0.1, 0.15) is 17.5 Å². The third-order valence-electron chi connectivity index (χ3n) is 5.29. The van der Waals surface area contributed by atoms with Gasteiger partial charge in [-0.05, 0) is 52.3 Å². The van der Waals surface area contributed by atoms with Crippen LogP contribution >= 0.6 is 0 Å². The fourth-order valence-corrected chi connectivity index (χ4v) is 5.18. The predicted octanol–water partition coefficient (Wildman–Crippen LogP) is 2.47. The molecule has 0 saturated heterocycles. The number of hydrogen-bond donors (Lipinski definition) is 1. The van der Waals surface area contributed by atoms with E-state index in [2.05, 4.69) is 5.32 Å². The van der Waals surface area contributed by atoms with Crippen molar-refractivity contribution in [1.82, 2.24) is 14.5 Å². The Labute approximate surface area is 194 Å². The molecule has 1 unspecified atom stereocenters. The summed E-state index contributed by atoms with van der Waals surface area (Å²) in [5.41, 5.74) is 1.30. The van der Waals surface area contributed by atoms with Crippen LogP contribution in [0, 0.1) is 6.92 Å². The van der Waals surface area contributed by atoms with Crippen LogP contribution in [0.5, 0.6) is 0 Å². The summed E-state index contributed by atoms with van der Waals surface area (Å²) in [5, 5.41) is 2.85. The molecular formula is C24H29N3O5S. The number of fused-ring (bicyclic) bond motifs is 1. The molecule has 0 fully saturated rings. The molecule has 1 atom stereocenters. The maximum Gasteiger partial charge on any atom is 0.269 e. The quantitative estimate of drug-likeness (QED) is 0.697. The Hall–Kier alpha value is -3.20. The molecule has 1 N–H and O–H groups in total. The van der Waals surface area contributed by atoms with Crippen LogP contribution in [0.4, 0.5) is 0 Å². The van der Waals surface area contributed by atoms with Crippen molar-refractivity contribution in [1.29, 1.82) is 0 Å². The molecule has 0 radical (unpaired) electrons. The molecule has 0 aliphatic carbocycles. The standard InChI is InChI=1S/C24H29N3O5S/c1-16-9-8-10-18(13-16)14-26(17(2)22(29)25-24(3,4)5)21(28)15-27-23(30)19-11-6-7-12-20(19)33(27,31)32/h6-13,17H,14-15H2,1-5H3,(H,25,29). The highest BCUT2D eigenvalue weighted by Crippen LogP contribution is 2.30. The zero-order valence-electron chi connectivity index (χ0n) is 19.5. The third-order valence-corrected chi connectivity index (χ3v) is 7.08. The normalized spacial score (nSPS) is 15.7. The summed E-state index contributed by atoms with van der Waals surface area (Å²) in [5.74, 6) is -1.76. The Kier molecular flexibility index (Phi) is 6.65. The van der Waals surface area contributed by atoms with E-state index in [4.69, 9.17) is 0 Å². The number of nitrogens with one attached hydrogen (secondary N) is 1. The van der Waals surface area contributed by atoms with Crippen molar-refractivity contribution in [3.8, 4) is 0 Å². The average molecular weight is 472 g/mol. The zero-order chi connectivity index (χ0) is 24.6. The molecular weight excluding hydrogens is 442 g/mol. The molecule has 3 rings (SSSR count). The van der Waals surface area contributed by atoms with E-state index in [1.807, 2.05) is 52.0 Å². The Morgan fingerprint density at radius 2 is 1.76 bits per heavy atom. The van der Waals surface area contributed by atoms with Gasteiger partial charge in [-0.2, -0.15) is 0 Å². The molecule has 0 saturated carbocycles. The minimum atomic E-state index is -4.14. The molecule has 9 heteroatoms. The number of carbonyl (C=O) groups is 3. The summed E-state index contributed by atoms with van der Waals surface area (Å²) in [4.78, 5) is 40.2. The lowest BCUT2D eigenvalue weighted by atomic mass is 10.1. The van der Waals surface area contributed by atoms with Crippen LogP contribution in [0.25, 0.3) is 0 Å². The molecule has 2 aromatic rings. The predicted molar refractivity (Wildman–Crippen MR) is 124 cm³/mol. The Balaban J connectivity index is 1.91. The number of hydrogen-bond acceptors (Lipinski definition) is 5. The Morgan fingerprint density at radius 3 is 2.36 bits per heavy atom. The first kappa shape index (κ1) is 24.4. The number of carbonyl (C=O) groups excluding carboxylic acids is 3. The first-order valence-electron chi connectivity index (χ1n) is 10.6. The fourth-order valence-electron chi connectivity index (χ4n) is 3.66. The summed E-state index contributed by atoms with van der Waals surface area (Å²) < 4.78 is 26.4. The lowest BCUT2D eigenvalue weighted by Crippen LogP contribution is -2.54. The van der Waals surface area contributed by atoms with Crippen molar-refractivity contribution in [3.05, 3.63) is 65.2 Å². The topological polar surface area (TPSA) is 104 Å². The van der Waals surface area contributed by atoms with E-state index < -0.39 is 40.0 Å². The number of nitrogens with zero attached hydrogens (tertiary/aromatic N) is 2. The van der Waals surface area contributed by atoms with Crippen molar-refractivity contribution >= 4 is 27.7 Å². The van der Waals surface area contributed by atoms with Crippen molar-refractivity contribution in [2.45, 2.75) is 57.6 Å². The number of sulfonamides is 1. The zero-order valence-corrected chi connectivity index (χ0v) is 20.3. The smallest absolute Gasteiger partial charge is 0.269 e. The van der Waals surface area contributed by atoms with Gasteiger partial charge < -0.3 is 10.2 Å². The van der Waals surface area contributed by atoms with Crippen LogP contribution < -0.4 is 5.32 Å². The first-order valence-corrected chi connectivity index (χ1v) is 12.1. The summed E-state index contributed by atoms with van der Waals surface area (Å²) >= 11 is 0. The highest BCUT2D eigenvalue weighted by Gasteiger charge is 2.43. The molecule has 1 heterocycles. The Morgan fingerprint density at radius 1 is 1.09 bits per heavy atom. The number of aryl methyl sites for hydroxylation is 1. The largest absolute Gasteiger partial charge is 0.350 e. The van der Waals surface area contributed by atoms with Gasteiger partial charge in [0.25, 0.3) is 15.9 Å². The van der Waals surface area contributed by atoms with Gasteiger partial charge >= 0.3 is 0 Å². The lowest BCUT2D eigenvalue weighted by Gasteiger charge is -2.32. The summed E-state index contributed by atoms with van der Waals surface area (Å²) in [6, 6.07) is 12.5. The van der Waals surface area contributed by atoms with E-state index in [1.54, 1.807) is 13.0 Å². The fraction of sp³-hybridized carbons (Fsp3) is 0.375. The molecule has 1 aliphatic heterocycles. The molecule has 33 heavy (non-hydrogen) atoms. The Bertz CT molecular complexity index is 1200. The van der Waals surface area contributed by atoms with E-state index in [1.165, 1.54) is 23.1 Å². The lowest BCUT2D eigenvalue weighted by molar-refractivity contribution is -0.141. The second-order valence-corrected chi connectivity index (χ2v) is 11.1. The van der Waals surface area contributed by atoms with E-state index in [0.717, 1.165) is 11.1 Å². The molecule has 8 nitrogen and oxygen atoms in total. The van der Waals surface area contributed by atoms with E-state index in [9.17, 15) is 22.8 Å². The van der Waals surface area contributed by atoms with Crippen LogP contribution in [0.1, 0.15) is 49.2 Å². The van der Waals surface area contributed by atoms with Gasteiger partial charge in [0.2, 0.25) is 11.8 Å². The molecule has 0 bridgehead atoms. The van der Waals surface area contributed by atoms with E-state index in [-0.39, 0.29) is 22.9 Å². The molecule has 0 spiro atoms. The summed E-state index contributed by atoms with van der Waals surface area (Å²) in [7, 11) is -4.14. The van der Waals surface area contributed by atoms with Crippen molar-refractivity contribution in [2.24, 2.45) is 0 Å². The highest BCUT2D eigenvalue weighted by molar-refractivity contribution is 7.90. The van der Waals surface area contributed by atoms with Gasteiger partial charge in [-0.1, -0.05) is 42.0 Å². The summed E-state index contributed by atoms with van der Waals surface area (Å²) in [6.07, 6.45) is 0. The van der Waals surface area contributed by atoms with Gasteiger partial charge in [-0.15, -0.1) is 0 Å². The third kappa shape index (κ3) is 5.24. The van der Waals surface area contributed by atoms with Gasteiger partial charge in [0, 0.05) is 12.1 Å². The van der Waals surface area contributed by atoms with Gasteiger partial charge in [0.05, 0.1) is 5.56 Å². The average Bonchev–Trinajstić information content (AvgIpc) is 2.91. The molecule has 3 amide bonds. The van der Waals surface area contributed by atoms with Crippen molar-refractivity contribution in [3.63, 3.8) is 0 Å². The first-order chi connectivity index (χ1) is 15.3. The molecule has 0 aromatic heterocycles. The SMILES string of the molecule is Cc1cccc(CN(C(=O)CN2C(=O)c3ccccc3S2(=O)=O)C(C)C(=O)NC(C)(C)C)c1. The molecule has 1 aliphatic rings. The number of amides is 3. The molecule has 176 valence electrons. The maximum atomic E-state index is 13.4. The van der Waals surface area contributed by atoms with Gasteiger partial charge in [-0.3, -0.25) is 14.4 Å². The van der Waals surface area contributed by atoms with Crippen LogP contribution in [-0.2, 0) is 26.2 Å². The maximum absolute atomic E-state index is 13.4. The van der Waals surface area contributed by atoms with Gasteiger partial charge in [-0.25, -0.2) is 12.7 Å². The van der Waals surface area contributed by atoms with Crippen molar-refractivity contribution in [2.75, 3.05) is 6.54 Å². The van der Waals surface area contributed by atoms with Crippen LogP contribution in [0.15, 0.2) is 53.4 Å². The second kappa shape index (κ2) is 8.97. The highest BCUT2D eigenvalue weighted by atomic mass is 32.2. The molecule has 2 aromatic carbocycles. The van der Waals surface area contributed by atoms with Crippen molar-refractivity contribution < 1.29 is 22.8 Å². The van der Waals surface area contributed by atoms with E-state index >= 15 is 0 Å². The second-order valence-electron chi connectivity index (χ2n) is 9.24. The van der Waals surface area contributed by atoms with Crippen LogP contribution in [-0.4, -0.2) is 53.5 Å². The minimum absolute atomic E-state index is 0.0362. The van der Waals surface area contributed by atoms with Crippen LogP contribution in [0.3, 0.4) is 0 Å². The van der Waals surface area contributed by atoms with E-state index in [0.29, 0.717) is 4.31 Å². The number of benzene rings is 2. The number of rotatable bonds is 6. The monoisotopic (exact) mass is 471 g/mol. The minimum Gasteiger partial charge on any atom is -0.350 e. The summed E-state index contributed by atoms with van der Waals surface area (Å²) in [6.45, 7) is 8.40.